The standard InChI is InChI=1S/C12H10BrFN2O/c13-9-5-8(6-15)12(16-7-9)17-11-4-2-1-3-10(11)14/h1-5,7H,6,15H2. The molecule has 1 aromatic carbocycles. The fourth-order valence-corrected chi connectivity index (χ4v) is 1.72. The fraction of sp³-hybridized carbons (Fsp3) is 0.0833. The van der Waals surface area contributed by atoms with E-state index in [2.05, 4.69) is 20.9 Å². The average Bonchev–Trinajstić information content (AvgIpc) is 2.34. The maximum absolute atomic E-state index is 13.4. The molecular formula is C12H10BrFN2O. The summed E-state index contributed by atoms with van der Waals surface area (Å²) in [5.74, 6) is 0.0259. The summed E-state index contributed by atoms with van der Waals surface area (Å²) in [6.07, 6.45) is 1.58. The van der Waals surface area contributed by atoms with Crippen LogP contribution in [0.5, 0.6) is 11.6 Å². The van der Waals surface area contributed by atoms with Gasteiger partial charge in [-0.15, -0.1) is 0 Å². The second-order valence-electron chi connectivity index (χ2n) is 3.35. The number of pyridine rings is 1. The Morgan fingerprint density at radius 3 is 2.82 bits per heavy atom. The van der Waals surface area contributed by atoms with E-state index in [0.29, 0.717) is 11.4 Å². The van der Waals surface area contributed by atoms with Crippen molar-refractivity contribution in [3.8, 4) is 11.6 Å². The summed E-state index contributed by atoms with van der Waals surface area (Å²) in [6, 6.07) is 7.96. The molecule has 0 aliphatic rings. The van der Waals surface area contributed by atoms with Crippen LogP contribution in [0.2, 0.25) is 0 Å². The maximum Gasteiger partial charge on any atom is 0.223 e. The van der Waals surface area contributed by atoms with Crippen molar-refractivity contribution in [2.45, 2.75) is 6.54 Å². The van der Waals surface area contributed by atoms with Gasteiger partial charge in [0, 0.05) is 22.8 Å². The highest BCUT2D eigenvalue weighted by molar-refractivity contribution is 9.10. The van der Waals surface area contributed by atoms with Gasteiger partial charge in [-0.1, -0.05) is 12.1 Å². The van der Waals surface area contributed by atoms with Crippen LogP contribution in [0.25, 0.3) is 0 Å². The quantitative estimate of drug-likeness (QED) is 0.946. The summed E-state index contributed by atoms with van der Waals surface area (Å²) in [7, 11) is 0. The Kier molecular flexibility index (Phi) is 3.71. The minimum Gasteiger partial charge on any atom is -0.436 e. The SMILES string of the molecule is NCc1cc(Br)cnc1Oc1ccccc1F. The van der Waals surface area contributed by atoms with E-state index in [0.717, 1.165) is 4.47 Å². The van der Waals surface area contributed by atoms with E-state index in [1.54, 1.807) is 30.5 Å². The first-order valence-corrected chi connectivity index (χ1v) is 5.77. The molecule has 0 bridgehead atoms. The number of nitrogens with two attached hydrogens (primary N) is 1. The molecular weight excluding hydrogens is 287 g/mol. The van der Waals surface area contributed by atoms with Crippen LogP contribution in [0.1, 0.15) is 5.56 Å². The Labute approximate surface area is 107 Å². The summed E-state index contributed by atoms with van der Waals surface area (Å²) >= 11 is 3.29. The summed E-state index contributed by atoms with van der Waals surface area (Å²) < 4.78 is 19.6. The number of benzene rings is 1. The van der Waals surface area contributed by atoms with Crippen LogP contribution >= 0.6 is 15.9 Å². The van der Waals surface area contributed by atoms with E-state index in [4.69, 9.17) is 10.5 Å². The lowest BCUT2D eigenvalue weighted by Crippen LogP contribution is -2.01. The van der Waals surface area contributed by atoms with Crippen molar-refractivity contribution in [3.05, 3.63) is 52.4 Å². The molecule has 1 aromatic heterocycles. The molecule has 0 unspecified atom stereocenters. The van der Waals surface area contributed by atoms with Gasteiger partial charge in [-0.05, 0) is 34.1 Å². The molecule has 0 radical (unpaired) electrons. The van der Waals surface area contributed by atoms with Crippen LogP contribution in [-0.4, -0.2) is 4.98 Å². The van der Waals surface area contributed by atoms with Gasteiger partial charge in [-0.3, -0.25) is 0 Å². The molecule has 2 aromatic rings. The second kappa shape index (κ2) is 5.25. The van der Waals surface area contributed by atoms with Crippen molar-refractivity contribution in [2.75, 3.05) is 0 Å². The maximum atomic E-state index is 13.4. The van der Waals surface area contributed by atoms with E-state index >= 15 is 0 Å². The molecule has 5 heteroatoms. The molecule has 0 atom stereocenters. The molecule has 1 heterocycles. The van der Waals surface area contributed by atoms with Gasteiger partial charge < -0.3 is 10.5 Å². The number of halogens is 2. The molecule has 2 N–H and O–H groups in total. The normalized spacial score (nSPS) is 10.3. The first-order chi connectivity index (χ1) is 8.20. The van der Waals surface area contributed by atoms with Crippen molar-refractivity contribution in [1.29, 1.82) is 0 Å². The molecule has 0 saturated carbocycles. The van der Waals surface area contributed by atoms with E-state index < -0.39 is 5.82 Å². The fourth-order valence-electron chi connectivity index (χ4n) is 1.34. The lowest BCUT2D eigenvalue weighted by Gasteiger charge is -2.09. The number of ether oxygens (including phenoxy) is 1. The number of rotatable bonds is 3. The van der Waals surface area contributed by atoms with Gasteiger partial charge in [-0.25, -0.2) is 9.37 Å². The van der Waals surface area contributed by atoms with Gasteiger partial charge in [0.2, 0.25) is 5.88 Å². The largest absolute Gasteiger partial charge is 0.436 e. The van der Waals surface area contributed by atoms with Crippen molar-refractivity contribution in [2.24, 2.45) is 5.73 Å². The third-order valence-electron chi connectivity index (χ3n) is 2.16. The zero-order valence-electron chi connectivity index (χ0n) is 8.86. The van der Waals surface area contributed by atoms with Crippen molar-refractivity contribution in [3.63, 3.8) is 0 Å². The van der Waals surface area contributed by atoms with Gasteiger partial charge in [0.15, 0.2) is 11.6 Å². The van der Waals surface area contributed by atoms with E-state index in [-0.39, 0.29) is 12.3 Å². The molecule has 0 saturated heterocycles. The average molecular weight is 297 g/mol. The third kappa shape index (κ3) is 2.81. The summed E-state index contributed by atoms with van der Waals surface area (Å²) in [6.45, 7) is 0.274. The number of nitrogens with zero attached hydrogens (tertiary/aromatic N) is 1. The third-order valence-corrected chi connectivity index (χ3v) is 2.59. The topological polar surface area (TPSA) is 48.1 Å². The number of para-hydroxylation sites is 1. The summed E-state index contributed by atoms with van der Waals surface area (Å²) in [5.41, 5.74) is 6.29. The Morgan fingerprint density at radius 2 is 2.12 bits per heavy atom. The van der Waals surface area contributed by atoms with E-state index in [1.807, 2.05) is 0 Å². The molecule has 88 valence electrons. The monoisotopic (exact) mass is 296 g/mol. The Hall–Kier alpha value is -1.46. The van der Waals surface area contributed by atoms with Gasteiger partial charge in [0.05, 0.1) is 0 Å². The predicted octanol–water partition coefficient (Wildman–Crippen LogP) is 3.23. The summed E-state index contributed by atoms with van der Waals surface area (Å²) in [5, 5.41) is 0. The highest BCUT2D eigenvalue weighted by Gasteiger charge is 2.09. The predicted molar refractivity (Wildman–Crippen MR) is 66.3 cm³/mol. The molecule has 17 heavy (non-hydrogen) atoms. The molecule has 2 rings (SSSR count). The molecule has 3 nitrogen and oxygen atoms in total. The minimum atomic E-state index is -0.430. The number of aromatic nitrogens is 1. The Bertz CT molecular complexity index is 534. The molecule has 0 fully saturated rings. The van der Waals surface area contributed by atoms with Crippen molar-refractivity contribution < 1.29 is 9.13 Å². The molecule has 0 aliphatic carbocycles. The van der Waals surface area contributed by atoms with E-state index in [1.165, 1.54) is 6.07 Å². The Balaban J connectivity index is 2.33. The van der Waals surface area contributed by atoms with Crippen LogP contribution in [0.4, 0.5) is 4.39 Å². The first kappa shape index (κ1) is 12.0. The zero-order chi connectivity index (χ0) is 12.3. The highest BCUT2D eigenvalue weighted by atomic mass is 79.9. The van der Waals surface area contributed by atoms with Crippen LogP contribution in [0.3, 0.4) is 0 Å². The number of hydrogen-bond acceptors (Lipinski definition) is 3. The van der Waals surface area contributed by atoms with Gasteiger partial charge in [0.1, 0.15) is 0 Å². The van der Waals surface area contributed by atoms with E-state index in [9.17, 15) is 4.39 Å². The summed E-state index contributed by atoms with van der Waals surface area (Å²) in [4.78, 5) is 4.07. The molecule has 0 amide bonds. The Morgan fingerprint density at radius 1 is 1.35 bits per heavy atom. The zero-order valence-corrected chi connectivity index (χ0v) is 10.4. The highest BCUT2D eigenvalue weighted by Crippen LogP contribution is 2.26. The lowest BCUT2D eigenvalue weighted by atomic mass is 10.2. The van der Waals surface area contributed by atoms with Gasteiger partial charge in [-0.2, -0.15) is 0 Å². The van der Waals surface area contributed by atoms with Gasteiger partial charge in [0.25, 0.3) is 0 Å². The van der Waals surface area contributed by atoms with Gasteiger partial charge >= 0.3 is 0 Å². The van der Waals surface area contributed by atoms with Crippen LogP contribution in [-0.2, 0) is 6.54 Å². The smallest absolute Gasteiger partial charge is 0.223 e. The van der Waals surface area contributed by atoms with Crippen LogP contribution < -0.4 is 10.5 Å². The van der Waals surface area contributed by atoms with Crippen LogP contribution in [0.15, 0.2) is 41.0 Å². The van der Waals surface area contributed by atoms with Crippen LogP contribution in [0, 0.1) is 5.82 Å². The minimum absolute atomic E-state index is 0.136. The second-order valence-corrected chi connectivity index (χ2v) is 4.27. The molecule has 0 aliphatic heterocycles. The first-order valence-electron chi connectivity index (χ1n) is 4.97. The van der Waals surface area contributed by atoms with Crippen molar-refractivity contribution >= 4 is 15.9 Å². The van der Waals surface area contributed by atoms with Crippen molar-refractivity contribution in [1.82, 2.24) is 4.98 Å². The lowest BCUT2D eigenvalue weighted by molar-refractivity contribution is 0.422. The molecule has 0 spiro atoms. The number of hydrogen-bond donors (Lipinski definition) is 1.